The number of aromatic carboxylic acids is 1. The van der Waals surface area contributed by atoms with Crippen molar-refractivity contribution in [1.29, 1.82) is 0 Å². The van der Waals surface area contributed by atoms with Crippen molar-refractivity contribution in [2.24, 2.45) is 10.2 Å². The molecule has 0 unspecified atom stereocenters. The zero-order valence-corrected chi connectivity index (χ0v) is 16.7. The van der Waals surface area contributed by atoms with Gasteiger partial charge >= 0.3 is 94.6 Å². The minimum absolute atomic E-state index is 0. The van der Waals surface area contributed by atoms with E-state index in [4.69, 9.17) is 9.11 Å². The van der Waals surface area contributed by atoms with E-state index in [1.54, 1.807) is 0 Å². The van der Waals surface area contributed by atoms with Crippen molar-refractivity contribution in [3.63, 3.8) is 0 Å². The first-order valence-electron chi connectivity index (χ1n) is 8.00. The van der Waals surface area contributed by atoms with E-state index in [-0.39, 0.29) is 122 Å². The van der Waals surface area contributed by atoms with E-state index in [0.29, 0.717) is 0 Å². The molecule has 0 atom stereocenters. The summed E-state index contributed by atoms with van der Waals surface area (Å²) >= 11 is 0. The second-order valence-electron chi connectivity index (χ2n) is 5.88. The minimum atomic E-state index is -4.45. The molecule has 0 bridgehead atoms. The first-order chi connectivity index (χ1) is 14.4. The third-order valence-electron chi connectivity index (χ3n) is 3.82. The molecule has 4 N–H and O–H groups in total. The molecule has 0 radical (unpaired) electrons. The number of hydrogen-bond acceptors (Lipinski definition) is 9. The van der Waals surface area contributed by atoms with Crippen molar-refractivity contribution in [1.82, 2.24) is 9.78 Å². The van der Waals surface area contributed by atoms with E-state index in [2.05, 4.69) is 15.3 Å². The van der Waals surface area contributed by atoms with Crippen molar-refractivity contribution >= 4 is 144 Å². The Kier molecular flexibility index (Phi) is 15.6. The van der Waals surface area contributed by atoms with Gasteiger partial charge in [-0.2, -0.15) is 31.7 Å². The van der Waals surface area contributed by atoms with Crippen LogP contribution in [0.3, 0.4) is 0 Å². The maximum atomic E-state index is 11.5. The SMILES string of the molecule is O=C(O)c1nn(-c2ccc(S(=O)(=O)O)cc2)c(O)c1/N=N/c1ccc(S(=O)(=O)O)cc1.[AlH3].[NaH].[NaH].[NaH]. The normalized spacial score (nSPS) is 10.9. The number of carboxylic acids is 1. The molecule has 0 aliphatic carbocycles. The summed E-state index contributed by atoms with van der Waals surface area (Å²) in [5.74, 6) is -2.27. The Morgan fingerprint density at radius 3 is 1.63 bits per heavy atom. The third-order valence-corrected chi connectivity index (χ3v) is 5.55. The van der Waals surface area contributed by atoms with Gasteiger partial charge in [-0.1, -0.05) is 0 Å². The maximum absolute atomic E-state index is 11.5. The Morgan fingerprint density at radius 2 is 1.23 bits per heavy atom. The van der Waals surface area contributed by atoms with Crippen molar-refractivity contribution in [3.8, 4) is 11.6 Å². The number of carboxylic acid groups (broad SMARTS) is 1. The molecule has 0 fully saturated rings. The molecule has 0 saturated heterocycles. The number of aromatic nitrogens is 2. The van der Waals surface area contributed by atoms with E-state index in [1.807, 2.05) is 0 Å². The molecule has 0 amide bonds. The monoisotopic (exact) mass is 570 g/mol. The summed E-state index contributed by atoms with van der Waals surface area (Å²) in [6.45, 7) is 0. The van der Waals surface area contributed by atoms with Gasteiger partial charge in [0.25, 0.3) is 20.2 Å². The second kappa shape index (κ2) is 14.7. The predicted octanol–water partition coefficient (Wildman–Crippen LogP) is -0.945. The Hall–Kier alpha value is -0.128. The number of carbonyl (C=O) groups is 1. The van der Waals surface area contributed by atoms with Crippen molar-refractivity contribution in [3.05, 3.63) is 54.2 Å². The van der Waals surface area contributed by atoms with E-state index < -0.39 is 48.4 Å². The molecule has 19 heteroatoms. The van der Waals surface area contributed by atoms with Crippen LogP contribution in [-0.4, -0.2) is 158 Å². The van der Waals surface area contributed by atoms with Crippen LogP contribution in [0.5, 0.6) is 5.88 Å². The summed E-state index contributed by atoms with van der Waals surface area (Å²) in [5.41, 5.74) is -1.06. The van der Waals surface area contributed by atoms with Crippen LogP contribution in [0.4, 0.5) is 11.4 Å². The number of aromatic hydroxyl groups is 1. The zero-order chi connectivity index (χ0) is 23.0. The van der Waals surface area contributed by atoms with Gasteiger partial charge in [0, 0.05) is 0 Å². The van der Waals surface area contributed by atoms with Gasteiger partial charge in [-0.3, -0.25) is 9.11 Å². The molecule has 13 nitrogen and oxygen atoms in total. The van der Waals surface area contributed by atoms with Crippen molar-refractivity contribution < 1.29 is 40.9 Å². The molecule has 0 aliphatic rings. The van der Waals surface area contributed by atoms with Crippen LogP contribution in [0.15, 0.2) is 68.6 Å². The predicted molar refractivity (Wildman–Crippen MR) is 134 cm³/mol. The molecule has 3 rings (SSSR count). The molecular formula is C16H18AlN4Na3O9S2. The van der Waals surface area contributed by atoms with Gasteiger partial charge < -0.3 is 10.2 Å². The standard InChI is InChI=1S/C16H12N4O9S2.Al.3Na.6H/c21-15-13(18-17-9-1-5-11(6-2-9)30(24,25)26)14(16(22)23)19-20(15)10-3-7-12(8-4-10)31(27,28)29;;;;;;;;;;/h1-8,21H,(H,22,23)(H,24,25,26)(H,27,28,29);;;;;;;;;;/b18-17+;;;;;;;;;;. The van der Waals surface area contributed by atoms with E-state index in [9.17, 15) is 31.8 Å². The molecule has 2 aromatic carbocycles. The fraction of sp³-hybridized carbons (Fsp3) is 0. The number of azo groups is 1. The third kappa shape index (κ3) is 9.29. The average molecular weight is 570 g/mol. The van der Waals surface area contributed by atoms with Crippen LogP contribution in [0.25, 0.3) is 5.69 Å². The van der Waals surface area contributed by atoms with Gasteiger partial charge in [-0.25, -0.2) is 4.79 Å². The Morgan fingerprint density at radius 1 is 0.800 bits per heavy atom. The number of rotatable bonds is 6. The second-order valence-corrected chi connectivity index (χ2v) is 8.72. The topological polar surface area (TPSA) is 209 Å². The molecular weight excluding hydrogens is 552 g/mol. The first kappa shape index (κ1) is 37.0. The van der Waals surface area contributed by atoms with Crippen LogP contribution in [-0.2, 0) is 20.2 Å². The fourth-order valence-electron chi connectivity index (χ4n) is 2.37. The Balaban J connectivity index is 0. The van der Waals surface area contributed by atoms with Crippen LogP contribution in [0, 0.1) is 0 Å². The van der Waals surface area contributed by atoms with E-state index >= 15 is 0 Å². The summed E-state index contributed by atoms with van der Waals surface area (Å²) in [7, 11) is -8.86. The number of benzene rings is 2. The Bertz CT molecular complexity index is 1410. The van der Waals surface area contributed by atoms with Crippen molar-refractivity contribution in [2.45, 2.75) is 9.79 Å². The van der Waals surface area contributed by atoms with Gasteiger partial charge in [0.2, 0.25) is 11.6 Å². The number of nitrogens with zero attached hydrogens (tertiary/aromatic N) is 4. The summed E-state index contributed by atoms with van der Waals surface area (Å²) in [6, 6.07) is 8.82. The molecule has 0 spiro atoms. The van der Waals surface area contributed by atoms with Crippen LogP contribution in [0.1, 0.15) is 10.5 Å². The van der Waals surface area contributed by atoms with E-state index in [0.717, 1.165) is 41.1 Å². The van der Waals surface area contributed by atoms with Crippen LogP contribution in [0.2, 0.25) is 0 Å². The van der Waals surface area contributed by atoms with E-state index in [1.165, 1.54) is 12.1 Å². The molecule has 1 aromatic heterocycles. The summed E-state index contributed by atoms with van der Waals surface area (Å²) in [5, 5.41) is 30.8. The van der Waals surface area contributed by atoms with Gasteiger partial charge in [0.05, 0.1) is 21.2 Å². The Labute approximate surface area is 276 Å². The molecule has 35 heavy (non-hydrogen) atoms. The summed E-state index contributed by atoms with van der Waals surface area (Å²) in [6.07, 6.45) is 0. The first-order valence-corrected chi connectivity index (χ1v) is 10.9. The van der Waals surface area contributed by atoms with Gasteiger partial charge in [-0.15, -0.1) is 5.11 Å². The molecule has 174 valence electrons. The van der Waals surface area contributed by atoms with Gasteiger partial charge in [-0.05, 0) is 48.5 Å². The van der Waals surface area contributed by atoms with Gasteiger partial charge in [0.1, 0.15) is 0 Å². The molecule has 1 heterocycles. The molecule has 0 aliphatic heterocycles. The average Bonchev–Trinajstić information content (AvgIpc) is 3.02. The molecule has 0 saturated carbocycles. The zero-order valence-electron chi connectivity index (χ0n) is 15.1. The summed E-state index contributed by atoms with van der Waals surface area (Å²) < 4.78 is 63.1. The number of hydrogen-bond donors (Lipinski definition) is 4. The van der Waals surface area contributed by atoms with Crippen molar-refractivity contribution in [2.75, 3.05) is 0 Å². The van der Waals surface area contributed by atoms with Crippen LogP contribution >= 0.6 is 0 Å². The molecule has 3 aromatic rings. The van der Waals surface area contributed by atoms with Crippen LogP contribution < -0.4 is 0 Å². The fourth-order valence-corrected chi connectivity index (χ4v) is 3.33. The van der Waals surface area contributed by atoms with Gasteiger partial charge in [0.15, 0.2) is 23.0 Å². The summed E-state index contributed by atoms with van der Waals surface area (Å²) in [4.78, 5) is 10.7. The quantitative estimate of drug-likeness (QED) is 0.162.